The van der Waals surface area contributed by atoms with Gasteiger partial charge in [-0.15, -0.1) is 0 Å². The van der Waals surface area contributed by atoms with Crippen molar-refractivity contribution in [3.05, 3.63) is 28.9 Å². The summed E-state index contributed by atoms with van der Waals surface area (Å²) in [7, 11) is 2.21. The molecule has 1 N–H and O–H groups in total. The number of fused-ring (bicyclic) bond motifs is 1. The van der Waals surface area contributed by atoms with Gasteiger partial charge in [-0.05, 0) is 54.3 Å². The Labute approximate surface area is 133 Å². The molecule has 0 atom stereocenters. The molecule has 1 fully saturated rings. The monoisotopic (exact) mass is 351 g/mol. The van der Waals surface area contributed by atoms with E-state index in [-0.39, 0.29) is 0 Å². The highest BCUT2D eigenvalue weighted by Crippen LogP contribution is 2.29. The first-order valence-electron chi connectivity index (χ1n) is 7.43. The van der Waals surface area contributed by atoms with Gasteiger partial charge in [0.1, 0.15) is 4.60 Å². The number of likely N-dealkylation sites (tertiary alicyclic amines) is 1. The summed E-state index contributed by atoms with van der Waals surface area (Å²) in [6, 6.07) is 0. The maximum absolute atomic E-state index is 4.39. The van der Waals surface area contributed by atoms with Gasteiger partial charge in [0.15, 0.2) is 5.65 Å². The molecule has 0 saturated carbocycles. The van der Waals surface area contributed by atoms with E-state index in [9.17, 15) is 0 Å². The summed E-state index contributed by atoms with van der Waals surface area (Å²) in [4.78, 5) is 11.0. The van der Waals surface area contributed by atoms with Crippen molar-refractivity contribution in [2.45, 2.75) is 26.3 Å². The summed E-state index contributed by atoms with van der Waals surface area (Å²) in [5, 5.41) is 3.61. The normalized spacial score (nSPS) is 19.2. The first-order chi connectivity index (χ1) is 10.1. The second-order valence-electron chi connectivity index (χ2n) is 6.41. The van der Waals surface area contributed by atoms with Gasteiger partial charge in [0.2, 0.25) is 0 Å². The number of rotatable bonds is 4. The van der Waals surface area contributed by atoms with Gasteiger partial charge in [0.05, 0.1) is 18.1 Å². The Morgan fingerprint density at radius 1 is 1.29 bits per heavy atom. The van der Waals surface area contributed by atoms with Crippen LogP contribution in [0.25, 0.3) is 5.65 Å². The lowest BCUT2D eigenvalue weighted by molar-refractivity contribution is 0.136. The second kappa shape index (κ2) is 6.02. The standard InChI is InChI=1S/C15H22BrN5/c1-15(3-5-20(2)6-4-15)11-17-7-12-8-19-14-9-18-13(16)10-21(12)14/h8-10,17H,3-7,11H2,1-2H3. The Hall–Kier alpha value is -0.980. The molecule has 1 aliphatic rings. The van der Waals surface area contributed by atoms with Crippen LogP contribution < -0.4 is 5.32 Å². The average molecular weight is 352 g/mol. The predicted molar refractivity (Wildman–Crippen MR) is 87.2 cm³/mol. The fourth-order valence-electron chi connectivity index (χ4n) is 2.87. The fraction of sp³-hybridized carbons (Fsp3) is 0.600. The summed E-state index contributed by atoms with van der Waals surface area (Å²) in [5.41, 5.74) is 2.47. The molecule has 0 unspecified atom stereocenters. The number of hydrogen-bond donors (Lipinski definition) is 1. The Balaban J connectivity index is 1.60. The molecule has 21 heavy (non-hydrogen) atoms. The van der Waals surface area contributed by atoms with Gasteiger partial charge in [-0.2, -0.15) is 0 Å². The molecule has 0 bridgehead atoms. The minimum atomic E-state index is 0.412. The van der Waals surface area contributed by atoms with E-state index in [0.29, 0.717) is 5.41 Å². The molecule has 0 aromatic carbocycles. The smallest absolute Gasteiger partial charge is 0.155 e. The van der Waals surface area contributed by atoms with Crippen molar-refractivity contribution in [1.29, 1.82) is 0 Å². The molecule has 114 valence electrons. The van der Waals surface area contributed by atoms with Crippen molar-refractivity contribution >= 4 is 21.6 Å². The van der Waals surface area contributed by atoms with E-state index < -0.39 is 0 Å². The zero-order valence-corrected chi connectivity index (χ0v) is 14.2. The number of hydrogen-bond acceptors (Lipinski definition) is 4. The molecule has 0 amide bonds. The van der Waals surface area contributed by atoms with Crippen molar-refractivity contribution < 1.29 is 0 Å². The zero-order chi connectivity index (χ0) is 14.9. The third-order valence-electron chi connectivity index (χ3n) is 4.49. The number of halogens is 1. The average Bonchev–Trinajstić information content (AvgIpc) is 2.85. The van der Waals surface area contributed by atoms with Gasteiger partial charge in [0, 0.05) is 19.3 Å². The Morgan fingerprint density at radius 2 is 2.05 bits per heavy atom. The molecule has 2 aromatic heterocycles. The van der Waals surface area contributed by atoms with Crippen LogP contribution in [0.4, 0.5) is 0 Å². The lowest BCUT2D eigenvalue weighted by Gasteiger charge is -2.38. The van der Waals surface area contributed by atoms with Gasteiger partial charge < -0.3 is 10.2 Å². The van der Waals surface area contributed by atoms with Crippen molar-refractivity contribution in [2.75, 3.05) is 26.7 Å². The molecular weight excluding hydrogens is 330 g/mol. The Bertz CT molecular complexity index is 616. The van der Waals surface area contributed by atoms with Crippen LogP contribution in [-0.4, -0.2) is 46.0 Å². The van der Waals surface area contributed by atoms with E-state index in [1.165, 1.54) is 31.6 Å². The number of nitrogens with one attached hydrogen (secondary N) is 1. The van der Waals surface area contributed by atoms with Crippen LogP contribution in [-0.2, 0) is 6.54 Å². The van der Waals surface area contributed by atoms with E-state index in [2.05, 4.69) is 54.5 Å². The van der Waals surface area contributed by atoms with Gasteiger partial charge in [-0.1, -0.05) is 6.92 Å². The van der Waals surface area contributed by atoms with E-state index in [4.69, 9.17) is 0 Å². The van der Waals surface area contributed by atoms with Crippen LogP contribution in [0, 0.1) is 5.41 Å². The van der Waals surface area contributed by atoms with E-state index in [1.54, 1.807) is 6.20 Å². The maximum atomic E-state index is 4.39. The molecular formula is C15H22BrN5. The lowest BCUT2D eigenvalue weighted by atomic mass is 9.80. The highest BCUT2D eigenvalue weighted by Gasteiger charge is 2.28. The van der Waals surface area contributed by atoms with Crippen molar-refractivity contribution in [1.82, 2.24) is 24.6 Å². The fourth-order valence-corrected chi connectivity index (χ4v) is 3.18. The van der Waals surface area contributed by atoms with Crippen LogP contribution in [0.15, 0.2) is 23.2 Å². The highest BCUT2D eigenvalue weighted by molar-refractivity contribution is 9.10. The Kier molecular flexibility index (Phi) is 4.28. The van der Waals surface area contributed by atoms with Crippen LogP contribution in [0.2, 0.25) is 0 Å². The van der Waals surface area contributed by atoms with Gasteiger partial charge in [-0.3, -0.25) is 4.40 Å². The topological polar surface area (TPSA) is 45.5 Å². The van der Waals surface area contributed by atoms with Crippen molar-refractivity contribution in [3.8, 4) is 0 Å². The van der Waals surface area contributed by atoms with Gasteiger partial charge >= 0.3 is 0 Å². The van der Waals surface area contributed by atoms with Crippen molar-refractivity contribution in [2.24, 2.45) is 5.41 Å². The van der Waals surface area contributed by atoms with Crippen LogP contribution >= 0.6 is 15.9 Å². The van der Waals surface area contributed by atoms with Crippen LogP contribution in [0.1, 0.15) is 25.5 Å². The van der Waals surface area contributed by atoms with Crippen LogP contribution in [0.3, 0.4) is 0 Å². The maximum Gasteiger partial charge on any atom is 0.155 e. The first-order valence-corrected chi connectivity index (χ1v) is 8.22. The number of nitrogens with zero attached hydrogens (tertiary/aromatic N) is 4. The first kappa shape index (κ1) is 14.9. The molecule has 3 heterocycles. The Morgan fingerprint density at radius 3 is 2.81 bits per heavy atom. The zero-order valence-electron chi connectivity index (χ0n) is 12.6. The van der Waals surface area contributed by atoms with Gasteiger partial charge in [-0.25, -0.2) is 9.97 Å². The third kappa shape index (κ3) is 3.44. The SMILES string of the molecule is CN1CCC(C)(CNCc2cnc3cnc(Br)cn23)CC1. The summed E-state index contributed by atoms with van der Waals surface area (Å²) in [5.74, 6) is 0. The van der Waals surface area contributed by atoms with Crippen molar-refractivity contribution in [3.63, 3.8) is 0 Å². The molecule has 0 aliphatic carbocycles. The van der Waals surface area contributed by atoms with E-state index >= 15 is 0 Å². The highest BCUT2D eigenvalue weighted by atomic mass is 79.9. The van der Waals surface area contributed by atoms with E-state index in [1.807, 2.05) is 12.4 Å². The summed E-state index contributed by atoms with van der Waals surface area (Å²) in [6.07, 6.45) is 8.20. The largest absolute Gasteiger partial charge is 0.311 e. The number of aromatic nitrogens is 3. The molecule has 6 heteroatoms. The van der Waals surface area contributed by atoms with Gasteiger partial charge in [0.25, 0.3) is 0 Å². The minimum absolute atomic E-state index is 0.412. The quantitative estimate of drug-likeness (QED) is 0.917. The third-order valence-corrected chi connectivity index (χ3v) is 4.90. The molecule has 5 nitrogen and oxygen atoms in total. The summed E-state index contributed by atoms with van der Waals surface area (Å²) < 4.78 is 2.91. The minimum Gasteiger partial charge on any atom is -0.311 e. The number of imidazole rings is 1. The molecule has 1 saturated heterocycles. The second-order valence-corrected chi connectivity index (χ2v) is 7.22. The molecule has 3 rings (SSSR count). The van der Waals surface area contributed by atoms with E-state index in [0.717, 1.165) is 23.3 Å². The molecule has 0 spiro atoms. The summed E-state index contributed by atoms with van der Waals surface area (Å²) >= 11 is 3.41. The molecule has 0 radical (unpaired) electrons. The predicted octanol–water partition coefficient (Wildman–Crippen LogP) is 2.31. The molecule has 1 aliphatic heterocycles. The number of piperidine rings is 1. The van der Waals surface area contributed by atoms with Crippen LogP contribution in [0.5, 0.6) is 0 Å². The molecule has 2 aromatic rings. The summed E-state index contributed by atoms with van der Waals surface area (Å²) in [6.45, 7) is 6.68. The lowest BCUT2D eigenvalue weighted by Crippen LogP contribution is -2.41.